The van der Waals surface area contributed by atoms with Crippen LogP contribution in [-0.4, -0.2) is 16.9 Å². The summed E-state index contributed by atoms with van der Waals surface area (Å²) in [5, 5.41) is 15.6. The van der Waals surface area contributed by atoms with Gasteiger partial charge in [-0.2, -0.15) is 0 Å². The van der Waals surface area contributed by atoms with Crippen LogP contribution in [0.1, 0.15) is 11.1 Å². The molecule has 0 spiro atoms. The molecule has 0 saturated carbocycles. The molecule has 1 saturated heterocycles. The lowest BCUT2D eigenvalue weighted by atomic mass is 10.1. The largest absolute Gasteiger partial charge is 0.489 e. The third kappa shape index (κ3) is 3.81. The number of carbonyl (C=O) groups is 2. The van der Waals surface area contributed by atoms with Crippen molar-refractivity contribution in [3.05, 3.63) is 75.5 Å². The number of benzene rings is 2. The maximum Gasteiger partial charge on any atom is 0.326 e. The summed E-state index contributed by atoms with van der Waals surface area (Å²) >= 11 is 0. The molecule has 0 radical (unpaired) electrons. The summed E-state index contributed by atoms with van der Waals surface area (Å²) < 4.78 is 5.57. The summed E-state index contributed by atoms with van der Waals surface area (Å²) in [6, 6.07) is 13.0. The number of rotatable bonds is 5. The first-order valence-electron chi connectivity index (χ1n) is 7.32. The van der Waals surface area contributed by atoms with Gasteiger partial charge in [-0.3, -0.25) is 20.2 Å². The van der Waals surface area contributed by atoms with Gasteiger partial charge in [0.05, 0.1) is 16.6 Å². The van der Waals surface area contributed by atoms with Crippen LogP contribution in [0.15, 0.2) is 54.2 Å². The first kappa shape index (κ1) is 16.2. The minimum atomic E-state index is -0.665. The summed E-state index contributed by atoms with van der Waals surface area (Å²) in [4.78, 5) is 33.4. The Hall–Kier alpha value is -3.68. The maximum absolute atomic E-state index is 11.5. The average molecular weight is 339 g/mol. The molecule has 1 fully saturated rings. The Morgan fingerprint density at radius 2 is 1.84 bits per heavy atom. The molecule has 0 aromatic heterocycles. The molecule has 8 heteroatoms. The van der Waals surface area contributed by atoms with E-state index in [2.05, 4.69) is 5.32 Å². The van der Waals surface area contributed by atoms with Crippen molar-refractivity contribution in [3.8, 4) is 5.75 Å². The molecule has 0 unspecified atom stereocenters. The van der Waals surface area contributed by atoms with E-state index in [0.717, 1.165) is 5.56 Å². The average Bonchev–Trinajstić information content (AvgIpc) is 2.92. The molecule has 0 aliphatic carbocycles. The lowest BCUT2D eigenvalue weighted by molar-refractivity contribution is -0.385. The third-order valence-electron chi connectivity index (χ3n) is 3.47. The predicted molar refractivity (Wildman–Crippen MR) is 88.5 cm³/mol. The van der Waals surface area contributed by atoms with E-state index in [0.29, 0.717) is 5.75 Å². The minimum absolute atomic E-state index is 0.0500. The van der Waals surface area contributed by atoms with Crippen LogP contribution in [0.4, 0.5) is 10.5 Å². The Labute approximate surface area is 142 Å². The van der Waals surface area contributed by atoms with Crippen LogP contribution in [0, 0.1) is 10.1 Å². The number of hydrogen-bond acceptors (Lipinski definition) is 5. The van der Waals surface area contributed by atoms with Crippen molar-refractivity contribution in [1.82, 2.24) is 10.6 Å². The molecule has 1 aliphatic rings. The standard InChI is InChI=1S/C17H13N3O5/c21-16-14(18-17(22)19-16)8-12-6-7-13(9-15(12)20(23)24)25-10-11-4-2-1-3-5-11/h1-9H,10H2,(H2,18,19,21,22). The van der Waals surface area contributed by atoms with Crippen LogP contribution in [0.5, 0.6) is 5.75 Å². The zero-order valence-electron chi connectivity index (χ0n) is 12.9. The third-order valence-corrected chi connectivity index (χ3v) is 3.47. The fraction of sp³-hybridized carbons (Fsp3) is 0.0588. The number of urea groups is 1. The minimum Gasteiger partial charge on any atom is -0.489 e. The SMILES string of the molecule is O=C1NC(=O)C(=Cc2ccc(OCc3ccccc3)cc2[N+](=O)[O-])N1. The smallest absolute Gasteiger partial charge is 0.326 e. The van der Waals surface area contributed by atoms with Crippen LogP contribution in [0.2, 0.25) is 0 Å². The van der Waals surface area contributed by atoms with Gasteiger partial charge in [0, 0.05) is 0 Å². The van der Waals surface area contributed by atoms with Crippen molar-refractivity contribution in [1.29, 1.82) is 0 Å². The van der Waals surface area contributed by atoms with Crippen molar-refractivity contribution in [2.24, 2.45) is 0 Å². The second-order valence-corrected chi connectivity index (χ2v) is 5.22. The van der Waals surface area contributed by atoms with Gasteiger partial charge in [0.15, 0.2) is 0 Å². The molecular weight excluding hydrogens is 326 g/mol. The molecule has 1 heterocycles. The Balaban J connectivity index is 1.83. The Morgan fingerprint density at radius 3 is 2.48 bits per heavy atom. The molecule has 0 bridgehead atoms. The molecular formula is C17H13N3O5. The van der Waals surface area contributed by atoms with Gasteiger partial charge < -0.3 is 10.1 Å². The predicted octanol–water partition coefficient (Wildman–Crippen LogP) is 2.35. The van der Waals surface area contributed by atoms with E-state index in [-0.39, 0.29) is 23.6 Å². The number of amides is 3. The second-order valence-electron chi connectivity index (χ2n) is 5.22. The van der Waals surface area contributed by atoms with Crippen LogP contribution in [0.25, 0.3) is 6.08 Å². The number of ether oxygens (including phenoxy) is 1. The lowest BCUT2D eigenvalue weighted by Gasteiger charge is -2.07. The van der Waals surface area contributed by atoms with Gasteiger partial charge in [-0.05, 0) is 23.8 Å². The quantitative estimate of drug-likeness (QED) is 0.376. The fourth-order valence-electron chi connectivity index (χ4n) is 2.27. The van der Waals surface area contributed by atoms with Crippen molar-refractivity contribution in [2.45, 2.75) is 6.61 Å². The van der Waals surface area contributed by atoms with Gasteiger partial charge in [0.25, 0.3) is 11.6 Å². The molecule has 3 amide bonds. The van der Waals surface area contributed by atoms with Crippen molar-refractivity contribution in [2.75, 3.05) is 0 Å². The molecule has 2 aromatic rings. The first-order chi connectivity index (χ1) is 12.0. The van der Waals surface area contributed by atoms with E-state index >= 15 is 0 Å². The Bertz CT molecular complexity index is 877. The molecule has 126 valence electrons. The van der Waals surface area contributed by atoms with E-state index in [9.17, 15) is 19.7 Å². The molecule has 3 rings (SSSR count). The van der Waals surface area contributed by atoms with Crippen LogP contribution in [-0.2, 0) is 11.4 Å². The number of nitro benzene ring substituents is 1. The van der Waals surface area contributed by atoms with Gasteiger partial charge in [-0.25, -0.2) is 4.79 Å². The van der Waals surface area contributed by atoms with Gasteiger partial charge in [0.2, 0.25) is 0 Å². The van der Waals surface area contributed by atoms with Crippen molar-refractivity contribution >= 4 is 23.7 Å². The van der Waals surface area contributed by atoms with Crippen LogP contribution >= 0.6 is 0 Å². The molecule has 2 N–H and O–H groups in total. The number of hydrogen-bond donors (Lipinski definition) is 2. The highest BCUT2D eigenvalue weighted by molar-refractivity contribution is 6.14. The van der Waals surface area contributed by atoms with E-state index in [1.807, 2.05) is 35.6 Å². The van der Waals surface area contributed by atoms with Crippen molar-refractivity contribution < 1.29 is 19.2 Å². The van der Waals surface area contributed by atoms with E-state index in [4.69, 9.17) is 4.74 Å². The normalized spacial score (nSPS) is 15.0. The second kappa shape index (κ2) is 6.83. The number of nitro groups is 1. The summed E-state index contributed by atoms with van der Waals surface area (Å²) in [5.41, 5.74) is 0.837. The van der Waals surface area contributed by atoms with Gasteiger partial charge in [-0.1, -0.05) is 30.3 Å². The molecule has 2 aromatic carbocycles. The number of nitrogens with zero attached hydrogens (tertiary/aromatic N) is 1. The summed E-state index contributed by atoms with van der Waals surface area (Å²) in [6.07, 6.45) is 1.25. The molecule has 1 aliphatic heterocycles. The van der Waals surface area contributed by atoms with Crippen molar-refractivity contribution in [3.63, 3.8) is 0 Å². The first-order valence-corrected chi connectivity index (χ1v) is 7.32. The fourth-order valence-corrected chi connectivity index (χ4v) is 2.27. The lowest BCUT2D eigenvalue weighted by Crippen LogP contribution is -2.22. The monoisotopic (exact) mass is 339 g/mol. The highest BCUT2D eigenvalue weighted by Gasteiger charge is 2.24. The zero-order chi connectivity index (χ0) is 17.8. The number of nitrogens with one attached hydrogen (secondary N) is 2. The Morgan fingerprint density at radius 1 is 1.08 bits per heavy atom. The number of imide groups is 1. The summed E-state index contributed by atoms with van der Waals surface area (Å²) in [5.74, 6) is -0.304. The highest BCUT2D eigenvalue weighted by atomic mass is 16.6. The molecule has 8 nitrogen and oxygen atoms in total. The van der Waals surface area contributed by atoms with Gasteiger partial charge in [0.1, 0.15) is 18.1 Å². The maximum atomic E-state index is 11.5. The van der Waals surface area contributed by atoms with Gasteiger partial charge >= 0.3 is 6.03 Å². The van der Waals surface area contributed by atoms with E-state index < -0.39 is 16.9 Å². The topological polar surface area (TPSA) is 111 Å². The molecule has 25 heavy (non-hydrogen) atoms. The number of carbonyl (C=O) groups excluding carboxylic acids is 2. The van der Waals surface area contributed by atoms with Gasteiger partial charge in [-0.15, -0.1) is 0 Å². The highest BCUT2D eigenvalue weighted by Crippen LogP contribution is 2.27. The van der Waals surface area contributed by atoms with Crippen LogP contribution < -0.4 is 15.4 Å². The van der Waals surface area contributed by atoms with E-state index in [1.165, 1.54) is 18.2 Å². The summed E-state index contributed by atoms with van der Waals surface area (Å²) in [6.45, 7) is 0.275. The summed E-state index contributed by atoms with van der Waals surface area (Å²) in [7, 11) is 0. The van der Waals surface area contributed by atoms with E-state index in [1.54, 1.807) is 6.07 Å². The Kier molecular flexibility index (Phi) is 4.42. The zero-order valence-corrected chi connectivity index (χ0v) is 12.9. The molecule has 0 atom stereocenters. The van der Waals surface area contributed by atoms with Crippen LogP contribution in [0.3, 0.4) is 0 Å².